The topological polar surface area (TPSA) is 50.4 Å². The number of hydrogen-bond donors (Lipinski definition) is 2. The molecule has 0 aliphatic carbocycles. The molecule has 0 bridgehead atoms. The molecule has 4 heteroatoms. The monoisotopic (exact) mass is 312 g/mol. The molecular weight excluding hydrogens is 288 g/mol. The van der Waals surface area contributed by atoms with Crippen molar-refractivity contribution in [3.05, 3.63) is 59.2 Å². The lowest BCUT2D eigenvalue weighted by molar-refractivity contribution is -0.120. The summed E-state index contributed by atoms with van der Waals surface area (Å²) in [5, 5.41) is 6.19. The molecular formula is C19H24N2O2. The highest BCUT2D eigenvalue weighted by Crippen LogP contribution is 2.24. The molecule has 2 N–H and O–H groups in total. The van der Waals surface area contributed by atoms with E-state index in [0.717, 1.165) is 22.6 Å². The van der Waals surface area contributed by atoms with E-state index in [4.69, 9.17) is 4.74 Å². The van der Waals surface area contributed by atoms with Crippen molar-refractivity contribution in [2.75, 3.05) is 19.0 Å². The van der Waals surface area contributed by atoms with Crippen molar-refractivity contribution in [1.82, 2.24) is 5.32 Å². The number of para-hydroxylation sites is 1. The second kappa shape index (κ2) is 7.68. The molecule has 1 atom stereocenters. The van der Waals surface area contributed by atoms with Crippen molar-refractivity contribution in [1.29, 1.82) is 0 Å². The Morgan fingerprint density at radius 3 is 2.61 bits per heavy atom. The van der Waals surface area contributed by atoms with E-state index in [1.807, 2.05) is 50.2 Å². The van der Waals surface area contributed by atoms with Crippen LogP contribution in [0, 0.1) is 13.8 Å². The molecule has 0 fully saturated rings. The predicted octanol–water partition coefficient (Wildman–Crippen LogP) is 3.60. The standard InChI is InChI=1S/C19H24N2O2/c1-13-8-7-10-17(14(13)2)20-12-19(22)21-15(3)16-9-5-6-11-18(16)23-4/h5-11,15,20H,12H2,1-4H3,(H,21,22). The third-order valence-electron chi connectivity index (χ3n) is 4.03. The number of ether oxygens (including phenoxy) is 1. The molecule has 2 aromatic carbocycles. The van der Waals surface area contributed by atoms with Crippen LogP contribution in [-0.2, 0) is 4.79 Å². The number of aryl methyl sites for hydroxylation is 1. The Kier molecular flexibility index (Phi) is 5.63. The Bertz CT molecular complexity index is 683. The van der Waals surface area contributed by atoms with E-state index >= 15 is 0 Å². The number of rotatable bonds is 6. The van der Waals surface area contributed by atoms with Crippen molar-refractivity contribution < 1.29 is 9.53 Å². The van der Waals surface area contributed by atoms with Crippen molar-refractivity contribution in [3.63, 3.8) is 0 Å². The van der Waals surface area contributed by atoms with Gasteiger partial charge in [0, 0.05) is 11.3 Å². The number of nitrogens with one attached hydrogen (secondary N) is 2. The molecule has 0 spiro atoms. The van der Waals surface area contributed by atoms with E-state index in [-0.39, 0.29) is 18.5 Å². The average molecular weight is 312 g/mol. The van der Waals surface area contributed by atoms with Gasteiger partial charge in [-0.2, -0.15) is 0 Å². The van der Waals surface area contributed by atoms with Gasteiger partial charge in [0.2, 0.25) is 5.91 Å². The van der Waals surface area contributed by atoms with Gasteiger partial charge >= 0.3 is 0 Å². The Morgan fingerprint density at radius 1 is 1.13 bits per heavy atom. The van der Waals surface area contributed by atoms with Crippen LogP contribution in [0.1, 0.15) is 29.7 Å². The van der Waals surface area contributed by atoms with Crippen LogP contribution in [0.15, 0.2) is 42.5 Å². The van der Waals surface area contributed by atoms with Crippen molar-refractivity contribution in [2.24, 2.45) is 0 Å². The molecule has 23 heavy (non-hydrogen) atoms. The van der Waals surface area contributed by atoms with Gasteiger partial charge in [0.15, 0.2) is 0 Å². The molecule has 0 aliphatic heterocycles. The lowest BCUT2D eigenvalue weighted by Crippen LogP contribution is -2.32. The molecule has 0 radical (unpaired) electrons. The first-order valence-electron chi connectivity index (χ1n) is 7.75. The molecule has 4 nitrogen and oxygen atoms in total. The largest absolute Gasteiger partial charge is 0.496 e. The number of amides is 1. The van der Waals surface area contributed by atoms with E-state index < -0.39 is 0 Å². The fraction of sp³-hybridized carbons (Fsp3) is 0.316. The first-order valence-corrected chi connectivity index (χ1v) is 7.75. The maximum Gasteiger partial charge on any atom is 0.239 e. The summed E-state index contributed by atoms with van der Waals surface area (Å²) in [6.07, 6.45) is 0. The number of anilines is 1. The Hall–Kier alpha value is -2.49. The quantitative estimate of drug-likeness (QED) is 0.857. The van der Waals surface area contributed by atoms with Gasteiger partial charge in [-0.1, -0.05) is 30.3 Å². The SMILES string of the molecule is COc1ccccc1C(C)NC(=O)CNc1cccc(C)c1C. The summed E-state index contributed by atoms with van der Waals surface area (Å²) in [5.74, 6) is 0.729. The maximum absolute atomic E-state index is 12.2. The minimum atomic E-state index is -0.112. The molecule has 0 saturated carbocycles. The highest BCUT2D eigenvalue weighted by molar-refractivity contribution is 5.81. The number of carbonyl (C=O) groups excluding carboxylic acids is 1. The van der Waals surface area contributed by atoms with Crippen LogP contribution >= 0.6 is 0 Å². The zero-order valence-corrected chi connectivity index (χ0v) is 14.1. The summed E-state index contributed by atoms with van der Waals surface area (Å²) in [7, 11) is 1.63. The van der Waals surface area contributed by atoms with Crippen molar-refractivity contribution in [3.8, 4) is 5.75 Å². The molecule has 122 valence electrons. The van der Waals surface area contributed by atoms with E-state index in [9.17, 15) is 4.79 Å². The van der Waals surface area contributed by atoms with Crippen molar-refractivity contribution >= 4 is 11.6 Å². The van der Waals surface area contributed by atoms with Gasteiger partial charge in [-0.3, -0.25) is 4.79 Å². The first-order chi connectivity index (χ1) is 11.0. The molecule has 0 aliphatic rings. The van der Waals surface area contributed by atoms with Gasteiger partial charge in [0.1, 0.15) is 5.75 Å². The lowest BCUT2D eigenvalue weighted by atomic mass is 10.1. The molecule has 1 unspecified atom stereocenters. The molecule has 2 aromatic rings. The van der Waals surface area contributed by atoms with Gasteiger partial charge in [0.05, 0.1) is 19.7 Å². The Balaban J connectivity index is 1.95. The zero-order valence-electron chi connectivity index (χ0n) is 14.1. The molecule has 0 aromatic heterocycles. The second-order valence-corrected chi connectivity index (χ2v) is 5.63. The minimum Gasteiger partial charge on any atom is -0.496 e. The summed E-state index contributed by atoms with van der Waals surface area (Å²) >= 11 is 0. The molecule has 2 rings (SSSR count). The van der Waals surface area contributed by atoms with Gasteiger partial charge in [0.25, 0.3) is 0 Å². The van der Waals surface area contributed by atoms with Crippen molar-refractivity contribution in [2.45, 2.75) is 26.8 Å². The third kappa shape index (κ3) is 4.25. The summed E-state index contributed by atoms with van der Waals surface area (Å²) in [6.45, 7) is 6.30. The van der Waals surface area contributed by atoms with E-state index in [0.29, 0.717) is 0 Å². The van der Waals surface area contributed by atoms with Gasteiger partial charge in [-0.05, 0) is 44.0 Å². The van der Waals surface area contributed by atoms with Crippen LogP contribution in [0.4, 0.5) is 5.69 Å². The van der Waals surface area contributed by atoms with E-state index in [2.05, 4.69) is 23.6 Å². The molecule has 0 saturated heterocycles. The van der Waals surface area contributed by atoms with Gasteiger partial charge in [-0.15, -0.1) is 0 Å². The summed E-state index contributed by atoms with van der Waals surface area (Å²) in [4.78, 5) is 12.2. The fourth-order valence-electron chi connectivity index (χ4n) is 2.51. The number of methoxy groups -OCH3 is 1. The summed E-state index contributed by atoms with van der Waals surface area (Å²) in [5.41, 5.74) is 4.33. The summed E-state index contributed by atoms with van der Waals surface area (Å²) < 4.78 is 5.34. The van der Waals surface area contributed by atoms with Crippen LogP contribution in [0.5, 0.6) is 5.75 Å². The van der Waals surface area contributed by atoms with Crippen LogP contribution in [-0.4, -0.2) is 19.6 Å². The number of benzene rings is 2. The maximum atomic E-state index is 12.2. The van der Waals surface area contributed by atoms with E-state index in [1.165, 1.54) is 5.56 Å². The zero-order chi connectivity index (χ0) is 16.8. The minimum absolute atomic E-state index is 0.0516. The Morgan fingerprint density at radius 2 is 1.87 bits per heavy atom. The average Bonchev–Trinajstić information content (AvgIpc) is 2.56. The smallest absolute Gasteiger partial charge is 0.239 e. The fourth-order valence-corrected chi connectivity index (χ4v) is 2.51. The normalized spacial score (nSPS) is 11.7. The van der Waals surface area contributed by atoms with Crippen LogP contribution in [0.3, 0.4) is 0 Å². The van der Waals surface area contributed by atoms with Gasteiger partial charge < -0.3 is 15.4 Å². The highest BCUT2D eigenvalue weighted by atomic mass is 16.5. The first kappa shape index (κ1) is 16.9. The third-order valence-corrected chi connectivity index (χ3v) is 4.03. The molecule has 0 heterocycles. The van der Waals surface area contributed by atoms with Gasteiger partial charge in [-0.25, -0.2) is 0 Å². The number of carbonyl (C=O) groups is 1. The van der Waals surface area contributed by atoms with Crippen LogP contribution < -0.4 is 15.4 Å². The number of hydrogen-bond acceptors (Lipinski definition) is 3. The summed E-state index contributed by atoms with van der Waals surface area (Å²) in [6, 6.07) is 13.6. The van der Waals surface area contributed by atoms with E-state index in [1.54, 1.807) is 7.11 Å². The lowest BCUT2D eigenvalue weighted by Gasteiger charge is -2.18. The Labute approximate surface area is 137 Å². The van der Waals surface area contributed by atoms with Crippen LogP contribution in [0.2, 0.25) is 0 Å². The second-order valence-electron chi connectivity index (χ2n) is 5.63. The highest BCUT2D eigenvalue weighted by Gasteiger charge is 2.13. The predicted molar refractivity (Wildman–Crippen MR) is 94.0 cm³/mol. The van der Waals surface area contributed by atoms with Crippen LogP contribution in [0.25, 0.3) is 0 Å². The molecule has 1 amide bonds.